The molecule has 2 atom stereocenters. The largest absolute Gasteiger partial charge is 0.480 e. The Morgan fingerprint density at radius 2 is 2.00 bits per heavy atom. The lowest BCUT2D eigenvalue weighted by Crippen LogP contribution is -2.43. The number of hydrogen-bond acceptors (Lipinski definition) is 4. The van der Waals surface area contributed by atoms with Crippen LogP contribution in [0.15, 0.2) is 30.3 Å². The van der Waals surface area contributed by atoms with Gasteiger partial charge in [0.05, 0.1) is 0 Å². The fourth-order valence-electron chi connectivity index (χ4n) is 1.76. The molecule has 0 saturated heterocycles. The van der Waals surface area contributed by atoms with Gasteiger partial charge in [0.15, 0.2) is 6.10 Å². The predicted octanol–water partition coefficient (Wildman–Crippen LogP) is 1.70. The minimum Gasteiger partial charge on any atom is -0.480 e. The lowest BCUT2D eigenvalue weighted by molar-refractivity contribution is -0.144. The van der Waals surface area contributed by atoms with Crippen molar-refractivity contribution in [1.29, 1.82) is 0 Å². The van der Waals surface area contributed by atoms with E-state index in [0.717, 1.165) is 0 Å². The number of benzene rings is 1. The second-order valence-electron chi connectivity index (χ2n) is 4.21. The third-order valence-electron chi connectivity index (χ3n) is 2.80. The van der Waals surface area contributed by atoms with Crippen LogP contribution in [0.5, 0.6) is 0 Å². The molecule has 0 fully saturated rings. The van der Waals surface area contributed by atoms with E-state index in [1.54, 1.807) is 24.3 Å². The maximum Gasteiger partial charge on any atom is 0.326 e. The van der Waals surface area contributed by atoms with Crippen LogP contribution in [-0.2, 0) is 14.3 Å². The molecule has 1 amide bonds. The van der Waals surface area contributed by atoms with Crippen LogP contribution >= 0.6 is 11.8 Å². The zero-order valence-corrected chi connectivity index (χ0v) is 12.4. The third-order valence-corrected chi connectivity index (χ3v) is 3.45. The quantitative estimate of drug-likeness (QED) is 0.764. The molecule has 0 aromatic heterocycles. The number of methoxy groups -OCH3 is 1. The van der Waals surface area contributed by atoms with Crippen LogP contribution in [-0.4, -0.2) is 42.1 Å². The van der Waals surface area contributed by atoms with Gasteiger partial charge in [0.2, 0.25) is 0 Å². The van der Waals surface area contributed by atoms with Crippen LogP contribution in [0.4, 0.5) is 0 Å². The number of carboxylic acids is 1. The van der Waals surface area contributed by atoms with Crippen LogP contribution in [0.2, 0.25) is 0 Å². The summed E-state index contributed by atoms with van der Waals surface area (Å²) in [5.41, 5.74) is 0.696. The van der Waals surface area contributed by atoms with E-state index in [1.807, 2.05) is 12.3 Å². The highest BCUT2D eigenvalue weighted by molar-refractivity contribution is 7.98. The van der Waals surface area contributed by atoms with Gasteiger partial charge < -0.3 is 15.2 Å². The van der Waals surface area contributed by atoms with Gasteiger partial charge in [0.25, 0.3) is 5.91 Å². The molecular weight excluding hydrogens is 278 g/mol. The molecule has 0 radical (unpaired) electrons. The molecular formula is C14H19NO4S. The van der Waals surface area contributed by atoms with Crippen molar-refractivity contribution in [3.63, 3.8) is 0 Å². The molecule has 0 bridgehead atoms. The monoisotopic (exact) mass is 297 g/mol. The minimum atomic E-state index is -1.03. The topological polar surface area (TPSA) is 75.6 Å². The maximum absolute atomic E-state index is 12.1. The molecule has 20 heavy (non-hydrogen) atoms. The molecule has 0 aliphatic carbocycles. The molecule has 110 valence electrons. The summed E-state index contributed by atoms with van der Waals surface area (Å²) in [5, 5.41) is 11.6. The summed E-state index contributed by atoms with van der Waals surface area (Å²) in [6.45, 7) is 0. The van der Waals surface area contributed by atoms with E-state index in [-0.39, 0.29) is 0 Å². The Hall–Kier alpha value is -1.53. The lowest BCUT2D eigenvalue weighted by atomic mass is 10.1. The van der Waals surface area contributed by atoms with Crippen molar-refractivity contribution in [2.75, 3.05) is 19.1 Å². The Balaban J connectivity index is 2.73. The fraction of sp³-hybridized carbons (Fsp3) is 0.429. The molecule has 5 nitrogen and oxygen atoms in total. The number of ether oxygens (including phenoxy) is 1. The van der Waals surface area contributed by atoms with Crippen LogP contribution in [0.1, 0.15) is 18.1 Å². The summed E-state index contributed by atoms with van der Waals surface area (Å²) in [6, 6.07) is 8.09. The first-order valence-electron chi connectivity index (χ1n) is 6.20. The molecule has 6 heteroatoms. The fourth-order valence-corrected chi connectivity index (χ4v) is 2.23. The molecule has 0 spiro atoms. The normalized spacial score (nSPS) is 13.5. The number of carbonyl (C=O) groups excluding carboxylic acids is 1. The van der Waals surface area contributed by atoms with Gasteiger partial charge in [0, 0.05) is 7.11 Å². The second kappa shape index (κ2) is 8.60. The predicted molar refractivity (Wildman–Crippen MR) is 78.8 cm³/mol. The van der Waals surface area contributed by atoms with Crippen molar-refractivity contribution in [2.45, 2.75) is 18.6 Å². The molecule has 1 unspecified atom stereocenters. The van der Waals surface area contributed by atoms with Gasteiger partial charge in [0.1, 0.15) is 6.04 Å². The Morgan fingerprint density at radius 3 is 2.50 bits per heavy atom. The summed E-state index contributed by atoms with van der Waals surface area (Å²) in [7, 11) is 1.43. The smallest absolute Gasteiger partial charge is 0.326 e. The number of carbonyl (C=O) groups is 2. The first kappa shape index (κ1) is 16.5. The van der Waals surface area contributed by atoms with E-state index in [4.69, 9.17) is 9.84 Å². The number of nitrogens with one attached hydrogen (secondary N) is 1. The summed E-state index contributed by atoms with van der Waals surface area (Å²) in [4.78, 5) is 23.3. The number of amides is 1. The molecule has 0 heterocycles. The van der Waals surface area contributed by atoms with Crippen LogP contribution in [0.25, 0.3) is 0 Å². The van der Waals surface area contributed by atoms with Crippen molar-refractivity contribution in [3.8, 4) is 0 Å². The number of rotatable bonds is 8. The van der Waals surface area contributed by atoms with E-state index in [2.05, 4.69) is 5.32 Å². The van der Waals surface area contributed by atoms with E-state index in [0.29, 0.717) is 17.7 Å². The molecule has 0 aliphatic heterocycles. The van der Waals surface area contributed by atoms with Crippen molar-refractivity contribution in [2.24, 2.45) is 0 Å². The summed E-state index contributed by atoms with van der Waals surface area (Å²) in [5.74, 6) is -0.803. The first-order valence-corrected chi connectivity index (χ1v) is 7.59. The van der Waals surface area contributed by atoms with Crippen molar-refractivity contribution in [1.82, 2.24) is 5.32 Å². The molecule has 1 aromatic carbocycles. The highest BCUT2D eigenvalue weighted by Crippen LogP contribution is 2.16. The lowest BCUT2D eigenvalue weighted by Gasteiger charge is -2.19. The van der Waals surface area contributed by atoms with Gasteiger partial charge >= 0.3 is 5.97 Å². The van der Waals surface area contributed by atoms with E-state index in [9.17, 15) is 9.59 Å². The standard InChI is InChI=1S/C14H19NO4S/c1-19-12(10-6-4-3-5-7-10)13(16)15-11(14(17)18)8-9-20-2/h3-7,11-12H,8-9H2,1-2H3,(H,15,16)(H,17,18)/t11-,12?/m1/s1. The van der Waals surface area contributed by atoms with Gasteiger partial charge in [-0.2, -0.15) is 11.8 Å². The van der Waals surface area contributed by atoms with Crippen LogP contribution in [0.3, 0.4) is 0 Å². The van der Waals surface area contributed by atoms with E-state index >= 15 is 0 Å². The van der Waals surface area contributed by atoms with Crippen molar-refractivity contribution in [3.05, 3.63) is 35.9 Å². The molecule has 0 aliphatic rings. The van der Waals surface area contributed by atoms with Crippen molar-refractivity contribution >= 4 is 23.6 Å². The molecule has 1 aromatic rings. The molecule has 2 N–H and O–H groups in total. The zero-order chi connectivity index (χ0) is 15.0. The third kappa shape index (κ3) is 4.86. The highest BCUT2D eigenvalue weighted by Gasteiger charge is 2.25. The zero-order valence-electron chi connectivity index (χ0n) is 11.5. The van der Waals surface area contributed by atoms with Gasteiger partial charge in [-0.05, 0) is 24.0 Å². The maximum atomic E-state index is 12.1. The van der Waals surface area contributed by atoms with Crippen molar-refractivity contribution < 1.29 is 19.4 Å². The summed E-state index contributed by atoms with van der Waals surface area (Å²) < 4.78 is 5.17. The molecule has 1 rings (SSSR count). The van der Waals surface area contributed by atoms with E-state index in [1.165, 1.54) is 18.9 Å². The van der Waals surface area contributed by atoms with Gasteiger partial charge in [-0.25, -0.2) is 4.79 Å². The summed E-state index contributed by atoms with van der Waals surface area (Å²) in [6.07, 6.45) is 1.48. The second-order valence-corrected chi connectivity index (χ2v) is 5.19. The van der Waals surface area contributed by atoms with E-state index < -0.39 is 24.0 Å². The highest BCUT2D eigenvalue weighted by atomic mass is 32.2. The van der Waals surface area contributed by atoms with Crippen LogP contribution in [0, 0.1) is 0 Å². The van der Waals surface area contributed by atoms with Gasteiger partial charge in [-0.15, -0.1) is 0 Å². The number of aliphatic carboxylic acids is 1. The Labute approximate surface area is 122 Å². The van der Waals surface area contributed by atoms with Crippen LogP contribution < -0.4 is 5.32 Å². The Kier molecular flexibility index (Phi) is 7.11. The SMILES string of the molecule is COC(C(=O)N[C@H](CCSC)C(=O)O)c1ccccc1. The Bertz CT molecular complexity index is 438. The Morgan fingerprint density at radius 1 is 1.35 bits per heavy atom. The van der Waals surface area contributed by atoms with Gasteiger partial charge in [-0.1, -0.05) is 30.3 Å². The average Bonchev–Trinajstić information content (AvgIpc) is 2.45. The minimum absolute atomic E-state index is 0.382. The van der Waals surface area contributed by atoms with Gasteiger partial charge in [-0.3, -0.25) is 4.79 Å². The number of carboxylic acid groups (broad SMARTS) is 1. The summed E-state index contributed by atoms with van der Waals surface area (Å²) >= 11 is 1.54. The number of thioether (sulfide) groups is 1. The first-order chi connectivity index (χ1) is 9.60. The molecule has 0 saturated carbocycles. The average molecular weight is 297 g/mol. The number of hydrogen-bond donors (Lipinski definition) is 2.